The molecule has 18 heteroatoms. The summed E-state index contributed by atoms with van der Waals surface area (Å²) in [5, 5.41) is 45.5. The summed E-state index contributed by atoms with van der Waals surface area (Å²) in [6.45, 7) is 3.16. The minimum atomic E-state index is -0.559. The first kappa shape index (κ1) is 45.0. The van der Waals surface area contributed by atoms with Crippen molar-refractivity contribution in [2.75, 3.05) is 44.6 Å². The van der Waals surface area contributed by atoms with Crippen LogP contribution in [0.3, 0.4) is 0 Å². The topological polar surface area (TPSA) is 216 Å². The van der Waals surface area contributed by atoms with E-state index in [1.165, 1.54) is 6.92 Å². The lowest BCUT2D eigenvalue weighted by molar-refractivity contribution is -0.166. The second kappa shape index (κ2) is 27.6. The van der Waals surface area contributed by atoms with Crippen molar-refractivity contribution in [2.24, 2.45) is 4.99 Å². The van der Waals surface area contributed by atoms with Crippen LogP contribution in [-0.2, 0) is 24.0 Å². The number of anilines is 1. The van der Waals surface area contributed by atoms with Crippen molar-refractivity contribution in [1.29, 1.82) is 0 Å². The van der Waals surface area contributed by atoms with E-state index in [0.717, 1.165) is 18.5 Å². The molecule has 1 aromatic rings. The van der Waals surface area contributed by atoms with Gasteiger partial charge < -0.3 is 21.3 Å². The fourth-order valence-electron chi connectivity index (χ4n) is 4.48. The van der Waals surface area contributed by atoms with Gasteiger partial charge in [0.05, 0.1) is 10.8 Å². The number of benzene rings is 1. The molecule has 0 aliphatic heterocycles. The van der Waals surface area contributed by atoms with Gasteiger partial charge in [-0.2, -0.15) is 4.99 Å². The lowest BCUT2D eigenvalue weighted by atomic mass is 10.2. The molecule has 7 N–H and O–H groups in total. The number of isothiocyanates is 1. The van der Waals surface area contributed by atoms with E-state index >= 15 is 0 Å². The molecule has 284 valence electrons. The van der Waals surface area contributed by atoms with E-state index in [0.29, 0.717) is 90.6 Å². The average Bonchev–Trinajstić information content (AvgIpc) is 3.10. The Labute approximate surface area is 309 Å². The molecular weight excluding hydrogens is 701 g/mol. The number of hydrogen-bond donors (Lipinski definition) is 7. The Kier molecular flexibility index (Phi) is 24.4. The van der Waals surface area contributed by atoms with Crippen LogP contribution in [0.5, 0.6) is 0 Å². The molecule has 51 heavy (non-hydrogen) atoms. The molecular formula is C33H52N8O8S2. The molecule has 0 aliphatic rings. The zero-order valence-corrected chi connectivity index (χ0v) is 30.9. The van der Waals surface area contributed by atoms with Crippen molar-refractivity contribution >= 4 is 75.6 Å². The van der Waals surface area contributed by atoms with E-state index in [9.17, 15) is 39.6 Å². The fourth-order valence-corrected chi connectivity index (χ4v) is 4.80. The average molecular weight is 753 g/mol. The molecule has 0 bridgehead atoms. The summed E-state index contributed by atoms with van der Waals surface area (Å²) in [5.74, 6) is -2.13. The normalized spacial score (nSPS) is 10.4. The summed E-state index contributed by atoms with van der Waals surface area (Å²) in [6, 6.07) is 7.23. The van der Waals surface area contributed by atoms with Gasteiger partial charge in [0.25, 0.3) is 0 Å². The van der Waals surface area contributed by atoms with Crippen molar-refractivity contribution in [3.05, 3.63) is 24.3 Å². The van der Waals surface area contributed by atoms with Gasteiger partial charge in [0.2, 0.25) is 29.5 Å². The lowest BCUT2D eigenvalue weighted by Crippen LogP contribution is -2.31. The first-order chi connectivity index (χ1) is 24.4. The number of rotatable bonds is 26. The Hall–Kier alpha value is -4.06. The van der Waals surface area contributed by atoms with Crippen LogP contribution >= 0.6 is 24.4 Å². The fraction of sp³-hybridized carbons (Fsp3) is 0.606. The second-order valence-corrected chi connectivity index (χ2v) is 12.3. The van der Waals surface area contributed by atoms with Crippen molar-refractivity contribution < 1.29 is 39.6 Å². The van der Waals surface area contributed by atoms with Crippen LogP contribution in [0.2, 0.25) is 0 Å². The molecule has 0 aromatic heterocycles. The molecule has 1 aromatic carbocycles. The molecule has 16 nitrogen and oxygen atoms in total. The highest BCUT2D eigenvalue weighted by Crippen LogP contribution is 2.15. The third kappa shape index (κ3) is 23.1. The van der Waals surface area contributed by atoms with Gasteiger partial charge in [-0.05, 0) is 106 Å². The molecule has 0 saturated heterocycles. The Bertz CT molecular complexity index is 1300. The van der Waals surface area contributed by atoms with Gasteiger partial charge in [-0.1, -0.05) is 0 Å². The first-order valence-electron chi connectivity index (χ1n) is 17.1. The number of carbonyl (C=O) groups excluding carboxylic acids is 5. The highest BCUT2D eigenvalue weighted by atomic mass is 32.1. The van der Waals surface area contributed by atoms with Gasteiger partial charge in [0.15, 0.2) is 5.11 Å². The van der Waals surface area contributed by atoms with Crippen LogP contribution in [0.25, 0.3) is 0 Å². The van der Waals surface area contributed by atoms with Gasteiger partial charge in [-0.25, -0.2) is 15.2 Å². The van der Waals surface area contributed by atoms with E-state index in [4.69, 9.17) is 12.2 Å². The summed E-state index contributed by atoms with van der Waals surface area (Å²) in [7, 11) is 0. The van der Waals surface area contributed by atoms with E-state index in [1.807, 2.05) is 12.1 Å². The summed E-state index contributed by atoms with van der Waals surface area (Å²) in [5.41, 5.74) is 1.51. The summed E-state index contributed by atoms with van der Waals surface area (Å²) in [4.78, 5) is 63.1. The van der Waals surface area contributed by atoms with E-state index < -0.39 is 17.7 Å². The number of carbonyl (C=O) groups is 5. The number of hydrogen-bond acceptors (Lipinski definition) is 11. The third-order valence-corrected chi connectivity index (χ3v) is 7.78. The number of aliphatic imine (C=N–C) groups is 1. The number of amides is 5. The van der Waals surface area contributed by atoms with Crippen LogP contribution < -0.4 is 21.3 Å². The van der Waals surface area contributed by atoms with Gasteiger partial charge in [0, 0.05) is 77.6 Å². The minimum absolute atomic E-state index is 0.0522. The molecule has 0 fully saturated rings. The molecule has 0 heterocycles. The number of unbranched alkanes of at least 4 members (excludes halogenated alkanes) is 6. The van der Waals surface area contributed by atoms with Gasteiger partial charge >= 0.3 is 0 Å². The molecule has 0 atom stereocenters. The molecule has 0 saturated carbocycles. The predicted octanol–water partition coefficient (Wildman–Crippen LogP) is 3.68. The first-order valence-corrected chi connectivity index (χ1v) is 18.0. The maximum Gasteiger partial charge on any atom is 0.246 e. The van der Waals surface area contributed by atoms with Crippen LogP contribution in [-0.4, -0.2) is 110 Å². The predicted molar refractivity (Wildman–Crippen MR) is 198 cm³/mol. The largest absolute Gasteiger partial charge is 0.362 e. The highest BCUT2D eigenvalue weighted by Gasteiger charge is 2.14. The summed E-state index contributed by atoms with van der Waals surface area (Å²) in [6.07, 6.45) is 5.47. The van der Waals surface area contributed by atoms with Crippen LogP contribution in [0.4, 0.5) is 11.4 Å². The van der Waals surface area contributed by atoms with E-state index in [-0.39, 0.29) is 57.1 Å². The monoisotopic (exact) mass is 752 g/mol. The van der Waals surface area contributed by atoms with Gasteiger partial charge in [-0.3, -0.25) is 39.6 Å². The maximum absolute atomic E-state index is 12.2. The number of thiocarbonyl (C=S) groups is 2. The third-order valence-electron chi connectivity index (χ3n) is 7.44. The number of hydroxylamine groups is 6. The number of nitrogens with zero attached hydrogens (tertiary/aromatic N) is 4. The van der Waals surface area contributed by atoms with Crippen molar-refractivity contribution in [1.82, 2.24) is 31.1 Å². The van der Waals surface area contributed by atoms with E-state index in [2.05, 4.69) is 43.6 Å². The molecule has 5 amide bonds. The molecule has 0 radical (unpaired) electrons. The zero-order valence-electron chi connectivity index (χ0n) is 29.2. The Morgan fingerprint density at radius 1 is 0.647 bits per heavy atom. The number of nitrogens with one attached hydrogen (secondary N) is 4. The molecule has 0 spiro atoms. The van der Waals surface area contributed by atoms with Crippen molar-refractivity contribution in [3.63, 3.8) is 0 Å². The Morgan fingerprint density at radius 3 is 1.51 bits per heavy atom. The molecule has 1 rings (SSSR count). The maximum atomic E-state index is 12.2. The standard InChI is InChI=1S/C33H52N8O8S2/c1-26(42)39(47)22-8-2-5-19-34-29(43)15-17-31(45)40(48)23-9-3-6-20-35-30(44)16-18-32(46)41(49)24-10-4-7-21-36-33(51)38-28-13-11-27(12-14-28)37-25-50/h11-14,47-49H,2-10,15-24H2,1H3,(H,34,43)(H,35,44)(H2,36,38,51). The van der Waals surface area contributed by atoms with Crippen LogP contribution in [0.15, 0.2) is 29.3 Å². The Balaban J connectivity index is 2.01. The van der Waals surface area contributed by atoms with Crippen molar-refractivity contribution in [3.8, 4) is 0 Å². The quantitative estimate of drug-likeness (QED) is 0.0237. The van der Waals surface area contributed by atoms with Crippen LogP contribution in [0, 0.1) is 0 Å². The summed E-state index contributed by atoms with van der Waals surface area (Å²) < 4.78 is 0. The van der Waals surface area contributed by atoms with Gasteiger partial charge in [0.1, 0.15) is 0 Å². The highest BCUT2D eigenvalue weighted by molar-refractivity contribution is 7.80. The smallest absolute Gasteiger partial charge is 0.246 e. The van der Waals surface area contributed by atoms with Crippen LogP contribution in [0.1, 0.15) is 90.4 Å². The van der Waals surface area contributed by atoms with Crippen molar-refractivity contribution in [2.45, 2.75) is 90.4 Å². The minimum Gasteiger partial charge on any atom is -0.362 e. The zero-order chi connectivity index (χ0) is 37.9. The van der Waals surface area contributed by atoms with Gasteiger partial charge in [-0.15, -0.1) is 0 Å². The molecule has 0 aliphatic carbocycles. The molecule has 0 unspecified atom stereocenters. The summed E-state index contributed by atoms with van der Waals surface area (Å²) >= 11 is 9.87. The lowest BCUT2D eigenvalue weighted by Gasteiger charge is -2.15. The van der Waals surface area contributed by atoms with E-state index in [1.54, 1.807) is 12.1 Å². The second-order valence-electron chi connectivity index (χ2n) is 11.7. The Morgan fingerprint density at radius 2 is 1.08 bits per heavy atom. The SMILES string of the molecule is CC(=O)N(O)CCCCCNC(=O)CCC(=O)N(O)CCCCCNC(=O)CCC(=O)N(O)CCCCCNC(=S)Nc1ccc(N=C=S)cc1.